The Morgan fingerprint density at radius 1 is 1.00 bits per heavy atom. The van der Waals surface area contributed by atoms with E-state index in [1.54, 1.807) is 12.1 Å². The van der Waals surface area contributed by atoms with E-state index in [-0.39, 0.29) is 28.7 Å². The molecular weight excluding hydrogens is 288 g/mol. The number of hydrogen-bond donors (Lipinski definition) is 2. The van der Waals surface area contributed by atoms with Crippen molar-refractivity contribution in [1.82, 2.24) is 4.72 Å². The Morgan fingerprint density at radius 2 is 1.48 bits per heavy atom. The molecule has 0 aliphatic rings. The first-order valence-electron chi connectivity index (χ1n) is 7.03. The predicted octanol–water partition coefficient (Wildman–Crippen LogP) is 2.60. The number of carbonyl (C=O) groups is 1. The largest absolute Gasteiger partial charge is 0.326 e. The molecule has 0 fully saturated rings. The average Bonchev–Trinajstić information content (AvgIpc) is 2.35. The number of amides is 1. The van der Waals surface area contributed by atoms with Crippen molar-refractivity contribution in [2.24, 2.45) is 11.8 Å². The van der Waals surface area contributed by atoms with Crippen LogP contribution in [0, 0.1) is 11.8 Å². The van der Waals surface area contributed by atoms with Crippen LogP contribution in [0.1, 0.15) is 34.6 Å². The third-order valence-corrected chi connectivity index (χ3v) is 4.69. The van der Waals surface area contributed by atoms with Crippen molar-refractivity contribution in [3.05, 3.63) is 24.3 Å². The monoisotopic (exact) mass is 312 g/mol. The normalized spacial score (nSPS) is 12.2. The van der Waals surface area contributed by atoms with Gasteiger partial charge in [-0.15, -0.1) is 0 Å². The summed E-state index contributed by atoms with van der Waals surface area (Å²) >= 11 is 0. The van der Waals surface area contributed by atoms with Gasteiger partial charge in [0.2, 0.25) is 15.9 Å². The minimum atomic E-state index is -3.56. The van der Waals surface area contributed by atoms with E-state index in [9.17, 15) is 13.2 Å². The molecule has 0 aliphatic heterocycles. The standard InChI is InChI=1S/C15H24N2O3S/c1-10(2)15(11(3)4)17-21(19,20)14-8-6-13(7-9-14)16-12(5)18/h6-11,15,17H,1-5H3,(H,16,18). The summed E-state index contributed by atoms with van der Waals surface area (Å²) in [6, 6.07) is 6.02. The molecule has 0 bridgehead atoms. The predicted molar refractivity (Wildman–Crippen MR) is 84.5 cm³/mol. The first-order chi connectivity index (χ1) is 9.63. The minimum absolute atomic E-state index is 0.120. The number of benzene rings is 1. The lowest BCUT2D eigenvalue weighted by Crippen LogP contribution is -2.42. The van der Waals surface area contributed by atoms with E-state index in [0.29, 0.717) is 5.69 Å². The van der Waals surface area contributed by atoms with Crippen molar-refractivity contribution in [3.8, 4) is 0 Å². The fraction of sp³-hybridized carbons (Fsp3) is 0.533. The fourth-order valence-electron chi connectivity index (χ4n) is 2.21. The Bertz CT molecular complexity index is 569. The van der Waals surface area contributed by atoms with Gasteiger partial charge in [-0.3, -0.25) is 4.79 Å². The maximum Gasteiger partial charge on any atom is 0.240 e. The Labute approximate surface area is 127 Å². The number of nitrogens with one attached hydrogen (secondary N) is 2. The van der Waals surface area contributed by atoms with Crippen LogP contribution >= 0.6 is 0 Å². The van der Waals surface area contributed by atoms with Crippen LogP contribution in [0.5, 0.6) is 0 Å². The van der Waals surface area contributed by atoms with Gasteiger partial charge in [-0.2, -0.15) is 0 Å². The lowest BCUT2D eigenvalue weighted by Gasteiger charge is -2.25. The second-order valence-electron chi connectivity index (χ2n) is 5.84. The lowest BCUT2D eigenvalue weighted by atomic mass is 9.94. The molecule has 0 atom stereocenters. The molecule has 0 aliphatic carbocycles. The van der Waals surface area contributed by atoms with Crippen LogP contribution < -0.4 is 10.0 Å². The first-order valence-corrected chi connectivity index (χ1v) is 8.51. The van der Waals surface area contributed by atoms with Crippen LogP contribution in [-0.4, -0.2) is 20.4 Å². The molecule has 1 rings (SSSR count). The van der Waals surface area contributed by atoms with E-state index in [0.717, 1.165) is 0 Å². The van der Waals surface area contributed by atoms with Crippen molar-refractivity contribution in [3.63, 3.8) is 0 Å². The summed E-state index contributed by atoms with van der Waals surface area (Å²) in [5.74, 6) is 0.222. The number of anilines is 1. The molecule has 0 radical (unpaired) electrons. The molecule has 6 heteroatoms. The topological polar surface area (TPSA) is 75.3 Å². The Morgan fingerprint density at radius 3 is 1.86 bits per heavy atom. The molecule has 0 spiro atoms. The molecule has 0 aromatic heterocycles. The molecule has 0 unspecified atom stereocenters. The minimum Gasteiger partial charge on any atom is -0.326 e. The highest BCUT2D eigenvalue weighted by atomic mass is 32.2. The molecule has 1 aromatic carbocycles. The summed E-state index contributed by atoms with van der Waals surface area (Å²) in [6.45, 7) is 9.38. The van der Waals surface area contributed by atoms with Crippen LogP contribution in [0.15, 0.2) is 29.2 Å². The van der Waals surface area contributed by atoms with Crippen molar-refractivity contribution in [1.29, 1.82) is 0 Å². The van der Waals surface area contributed by atoms with E-state index < -0.39 is 10.0 Å². The van der Waals surface area contributed by atoms with Gasteiger partial charge in [0, 0.05) is 18.7 Å². The number of sulfonamides is 1. The molecule has 2 N–H and O–H groups in total. The maximum atomic E-state index is 12.4. The van der Waals surface area contributed by atoms with Gasteiger partial charge in [-0.25, -0.2) is 13.1 Å². The van der Waals surface area contributed by atoms with Gasteiger partial charge in [0.15, 0.2) is 0 Å². The van der Waals surface area contributed by atoms with Crippen LogP contribution in [0.25, 0.3) is 0 Å². The van der Waals surface area contributed by atoms with Crippen molar-refractivity contribution in [2.45, 2.75) is 45.6 Å². The zero-order valence-electron chi connectivity index (χ0n) is 13.2. The van der Waals surface area contributed by atoms with Gasteiger partial charge in [0.05, 0.1) is 4.90 Å². The van der Waals surface area contributed by atoms with E-state index in [1.807, 2.05) is 27.7 Å². The molecule has 0 saturated carbocycles. The number of carbonyl (C=O) groups excluding carboxylic acids is 1. The third kappa shape index (κ3) is 5.13. The van der Waals surface area contributed by atoms with Gasteiger partial charge < -0.3 is 5.32 Å². The first kappa shape index (κ1) is 17.7. The molecule has 5 nitrogen and oxygen atoms in total. The van der Waals surface area contributed by atoms with Gasteiger partial charge in [-0.1, -0.05) is 27.7 Å². The van der Waals surface area contributed by atoms with E-state index in [2.05, 4.69) is 10.0 Å². The highest BCUT2D eigenvalue weighted by Gasteiger charge is 2.24. The summed E-state index contributed by atoms with van der Waals surface area (Å²) in [5.41, 5.74) is 0.575. The molecule has 118 valence electrons. The second kappa shape index (κ2) is 7.04. The summed E-state index contributed by atoms with van der Waals surface area (Å²) in [4.78, 5) is 11.1. The molecule has 0 saturated heterocycles. The van der Waals surface area contributed by atoms with Crippen molar-refractivity contribution >= 4 is 21.6 Å². The van der Waals surface area contributed by atoms with Crippen LogP contribution in [0.3, 0.4) is 0 Å². The van der Waals surface area contributed by atoms with Gasteiger partial charge in [-0.05, 0) is 36.1 Å². The maximum absolute atomic E-state index is 12.4. The molecule has 21 heavy (non-hydrogen) atoms. The molecule has 1 aromatic rings. The highest BCUT2D eigenvalue weighted by molar-refractivity contribution is 7.89. The Balaban J connectivity index is 2.94. The highest BCUT2D eigenvalue weighted by Crippen LogP contribution is 2.18. The van der Waals surface area contributed by atoms with E-state index in [4.69, 9.17) is 0 Å². The summed E-state index contributed by atoms with van der Waals surface area (Å²) in [7, 11) is -3.56. The Hall–Kier alpha value is -1.40. The van der Waals surface area contributed by atoms with Gasteiger partial charge in [0.1, 0.15) is 0 Å². The molecule has 1 amide bonds. The summed E-state index contributed by atoms with van der Waals surface area (Å²) in [6.07, 6.45) is 0. The van der Waals surface area contributed by atoms with Gasteiger partial charge in [0.25, 0.3) is 0 Å². The SMILES string of the molecule is CC(=O)Nc1ccc(S(=O)(=O)NC(C(C)C)C(C)C)cc1. The smallest absolute Gasteiger partial charge is 0.240 e. The number of hydrogen-bond acceptors (Lipinski definition) is 3. The zero-order valence-corrected chi connectivity index (χ0v) is 14.0. The molecular formula is C15H24N2O3S. The van der Waals surface area contributed by atoms with Crippen LogP contribution in [0.2, 0.25) is 0 Å². The quantitative estimate of drug-likeness (QED) is 0.848. The summed E-state index contributed by atoms with van der Waals surface area (Å²) in [5, 5.41) is 2.61. The third-order valence-electron chi connectivity index (χ3n) is 3.21. The van der Waals surface area contributed by atoms with E-state index in [1.165, 1.54) is 19.1 Å². The van der Waals surface area contributed by atoms with Gasteiger partial charge >= 0.3 is 0 Å². The number of rotatable bonds is 6. The second-order valence-corrected chi connectivity index (χ2v) is 7.55. The lowest BCUT2D eigenvalue weighted by molar-refractivity contribution is -0.114. The Kier molecular flexibility index (Phi) is 5.92. The van der Waals surface area contributed by atoms with Crippen molar-refractivity contribution < 1.29 is 13.2 Å². The van der Waals surface area contributed by atoms with E-state index >= 15 is 0 Å². The van der Waals surface area contributed by atoms with Crippen LogP contribution in [-0.2, 0) is 14.8 Å². The van der Waals surface area contributed by atoms with Crippen molar-refractivity contribution in [2.75, 3.05) is 5.32 Å². The van der Waals surface area contributed by atoms with Crippen LogP contribution in [0.4, 0.5) is 5.69 Å². The summed E-state index contributed by atoms with van der Waals surface area (Å²) < 4.78 is 27.5. The average molecular weight is 312 g/mol. The fourth-order valence-corrected chi connectivity index (χ4v) is 3.74. The molecule has 0 heterocycles. The zero-order chi connectivity index (χ0) is 16.2.